The first-order chi connectivity index (χ1) is 14.5. The third-order valence-electron chi connectivity index (χ3n) is 6.29. The number of fused-ring (bicyclic) bond motifs is 2. The van der Waals surface area contributed by atoms with Crippen molar-refractivity contribution in [3.63, 3.8) is 0 Å². The van der Waals surface area contributed by atoms with Crippen LogP contribution in [0.1, 0.15) is 37.5 Å². The van der Waals surface area contributed by atoms with Gasteiger partial charge in [-0.25, -0.2) is 4.98 Å². The molecule has 0 bridgehead atoms. The molecule has 1 aromatic carbocycles. The van der Waals surface area contributed by atoms with E-state index in [0.29, 0.717) is 6.04 Å². The molecule has 2 aromatic rings. The topological polar surface area (TPSA) is 31.4 Å². The van der Waals surface area contributed by atoms with Gasteiger partial charge in [-0.1, -0.05) is 37.4 Å². The molecule has 30 heavy (non-hydrogen) atoms. The number of rotatable bonds is 7. The second-order valence-electron chi connectivity index (χ2n) is 8.04. The Bertz CT molecular complexity index is 975. The number of hydrogen-bond donors (Lipinski definition) is 1. The first kappa shape index (κ1) is 20.3. The van der Waals surface area contributed by atoms with E-state index in [0.717, 1.165) is 66.4 Å². The van der Waals surface area contributed by atoms with E-state index in [1.807, 2.05) is 6.20 Å². The standard InChI is InChI=1S/C26H32N4/c1-6-29(7-2)19(5)25-17-30(8-3)26-24(18(25)4)15-23(16-27-26)28-22-13-20-11-9-10-12-21(20)14-22/h9-12,15-17,22,28H,4-8,13-14H2,1-3H3. The van der Waals surface area contributed by atoms with Gasteiger partial charge in [0, 0.05) is 48.7 Å². The van der Waals surface area contributed by atoms with E-state index in [1.54, 1.807) is 0 Å². The van der Waals surface area contributed by atoms with Crippen molar-refractivity contribution in [2.75, 3.05) is 29.9 Å². The number of aromatic nitrogens is 1. The van der Waals surface area contributed by atoms with E-state index in [1.165, 1.54) is 11.1 Å². The molecule has 0 saturated heterocycles. The van der Waals surface area contributed by atoms with Gasteiger partial charge in [-0.2, -0.15) is 0 Å². The number of nitrogens with one attached hydrogen (secondary N) is 1. The maximum atomic E-state index is 4.81. The summed E-state index contributed by atoms with van der Waals surface area (Å²) in [5.41, 5.74) is 8.16. The van der Waals surface area contributed by atoms with Crippen molar-refractivity contribution in [3.8, 4) is 0 Å². The van der Waals surface area contributed by atoms with Crippen LogP contribution in [0.25, 0.3) is 5.57 Å². The summed E-state index contributed by atoms with van der Waals surface area (Å²) in [6.07, 6.45) is 6.22. The molecule has 0 unspecified atom stereocenters. The normalized spacial score (nSPS) is 15.5. The van der Waals surface area contributed by atoms with Gasteiger partial charge in [-0.15, -0.1) is 0 Å². The van der Waals surface area contributed by atoms with Crippen molar-refractivity contribution < 1.29 is 0 Å². The minimum absolute atomic E-state index is 0.405. The lowest BCUT2D eigenvalue weighted by Crippen LogP contribution is -2.28. The van der Waals surface area contributed by atoms with Gasteiger partial charge in [-0.3, -0.25) is 0 Å². The first-order valence-electron chi connectivity index (χ1n) is 11.0. The molecule has 4 heteroatoms. The summed E-state index contributed by atoms with van der Waals surface area (Å²) in [6.45, 7) is 18.0. The largest absolute Gasteiger partial charge is 0.380 e. The lowest BCUT2D eigenvalue weighted by Gasteiger charge is -2.33. The van der Waals surface area contributed by atoms with Gasteiger partial charge in [0.1, 0.15) is 5.82 Å². The Kier molecular flexibility index (Phi) is 5.67. The summed E-state index contributed by atoms with van der Waals surface area (Å²) in [5.74, 6) is 0.971. The lowest BCUT2D eigenvalue weighted by molar-refractivity contribution is 0.393. The molecule has 1 aliphatic carbocycles. The van der Waals surface area contributed by atoms with Gasteiger partial charge >= 0.3 is 0 Å². The Morgan fingerprint density at radius 2 is 1.83 bits per heavy atom. The van der Waals surface area contributed by atoms with Gasteiger partial charge in [0.15, 0.2) is 0 Å². The minimum atomic E-state index is 0.405. The maximum Gasteiger partial charge on any atom is 0.140 e. The van der Waals surface area contributed by atoms with Gasteiger partial charge in [0.05, 0.1) is 11.9 Å². The lowest BCUT2D eigenvalue weighted by atomic mass is 9.94. The Labute approximate surface area is 180 Å². The predicted molar refractivity (Wildman–Crippen MR) is 128 cm³/mol. The number of pyridine rings is 1. The summed E-state index contributed by atoms with van der Waals surface area (Å²) in [5, 5.41) is 3.71. The van der Waals surface area contributed by atoms with Crippen molar-refractivity contribution in [3.05, 3.63) is 83.8 Å². The van der Waals surface area contributed by atoms with Gasteiger partial charge in [0.25, 0.3) is 0 Å². The minimum Gasteiger partial charge on any atom is -0.380 e. The summed E-state index contributed by atoms with van der Waals surface area (Å²) >= 11 is 0. The van der Waals surface area contributed by atoms with Crippen LogP contribution in [0.4, 0.5) is 11.5 Å². The van der Waals surface area contributed by atoms with Gasteiger partial charge in [0.2, 0.25) is 0 Å². The number of allylic oxidation sites excluding steroid dienone is 1. The van der Waals surface area contributed by atoms with Gasteiger partial charge in [-0.05, 0) is 56.4 Å². The summed E-state index contributed by atoms with van der Waals surface area (Å²) in [4.78, 5) is 9.28. The van der Waals surface area contributed by atoms with Crippen LogP contribution in [0.15, 0.2) is 67.2 Å². The van der Waals surface area contributed by atoms with Crippen molar-refractivity contribution in [2.45, 2.75) is 39.7 Å². The van der Waals surface area contributed by atoms with Crippen molar-refractivity contribution in [1.82, 2.24) is 9.88 Å². The number of nitrogens with zero attached hydrogens (tertiary/aromatic N) is 3. The number of benzene rings is 1. The van der Waals surface area contributed by atoms with Crippen molar-refractivity contribution in [1.29, 1.82) is 0 Å². The highest BCUT2D eigenvalue weighted by atomic mass is 15.2. The zero-order chi connectivity index (χ0) is 21.3. The molecule has 0 atom stereocenters. The average Bonchev–Trinajstić information content (AvgIpc) is 3.17. The number of anilines is 2. The van der Waals surface area contributed by atoms with Crippen molar-refractivity contribution >= 4 is 17.1 Å². The van der Waals surface area contributed by atoms with Crippen LogP contribution in [-0.2, 0) is 12.8 Å². The third-order valence-corrected chi connectivity index (χ3v) is 6.29. The van der Waals surface area contributed by atoms with Crippen molar-refractivity contribution in [2.24, 2.45) is 0 Å². The third kappa shape index (κ3) is 3.62. The Morgan fingerprint density at radius 3 is 2.43 bits per heavy atom. The molecule has 2 aliphatic rings. The van der Waals surface area contributed by atoms with Crippen LogP contribution in [0.2, 0.25) is 0 Å². The zero-order valence-corrected chi connectivity index (χ0v) is 18.4. The molecular formula is C26H32N4. The second kappa shape index (κ2) is 8.39. The van der Waals surface area contributed by atoms with E-state index >= 15 is 0 Å². The second-order valence-corrected chi connectivity index (χ2v) is 8.04. The Balaban J connectivity index is 1.59. The molecule has 0 radical (unpaired) electrons. The molecule has 156 valence electrons. The molecular weight excluding hydrogens is 368 g/mol. The van der Waals surface area contributed by atoms with Crippen LogP contribution in [-0.4, -0.2) is 35.6 Å². The maximum absolute atomic E-state index is 4.81. The fraction of sp³-hybridized carbons (Fsp3) is 0.346. The molecule has 4 rings (SSSR count). The van der Waals surface area contributed by atoms with E-state index in [4.69, 9.17) is 4.98 Å². The predicted octanol–water partition coefficient (Wildman–Crippen LogP) is 5.25. The monoisotopic (exact) mass is 400 g/mol. The molecule has 4 nitrogen and oxygen atoms in total. The van der Waals surface area contributed by atoms with E-state index < -0.39 is 0 Å². The summed E-state index contributed by atoms with van der Waals surface area (Å²) < 4.78 is 0. The van der Waals surface area contributed by atoms with Crippen LogP contribution >= 0.6 is 0 Å². The fourth-order valence-corrected chi connectivity index (χ4v) is 4.59. The van der Waals surface area contributed by atoms with E-state index in [9.17, 15) is 0 Å². The number of hydrogen-bond acceptors (Lipinski definition) is 4. The molecule has 1 aromatic heterocycles. The van der Waals surface area contributed by atoms with Crippen LogP contribution < -0.4 is 10.2 Å². The molecule has 1 aliphatic heterocycles. The highest BCUT2D eigenvalue weighted by molar-refractivity contribution is 5.91. The molecule has 1 N–H and O–H groups in total. The average molecular weight is 401 g/mol. The van der Waals surface area contributed by atoms with Crippen LogP contribution in [0.3, 0.4) is 0 Å². The zero-order valence-electron chi connectivity index (χ0n) is 18.4. The highest BCUT2D eigenvalue weighted by Gasteiger charge is 2.26. The van der Waals surface area contributed by atoms with Crippen LogP contribution in [0.5, 0.6) is 0 Å². The molecule has 2 heterocycles. The highest BCUT2D eigenvalue weighted by Crippen LogP contribution is 2.39. The van der Waals surface area contributed by atoms with Gasteiger partial charge < -0.3 is 15.1 Å². The molecule has 0 spiro atoms. The summed E-state index contributed by atoms with van der Waals surface area (Å²) in [6, 6.07) is 11.3. The smallest absolute Gasteiger partial charge is 0.140 e. The first-order valence-corrected chi connectivity index (χ1v) is 11.0. The molecule has 0 amide bonds. The Hall–Kier alpha value is -3.01. The molecule has 0 fully saturated rings. The quantitative estimate of drug-likeness (QED) is 0.687. The molecule has 0 saturated carbocycles. The van der Waals surface area contributed by atoms with E-state index in [-0.39, 0.29) is 0 Å². The Morgan fingerprint density at radius 1 is 1.17 bits per heavy atom. The van der Waals surface area contributed by atoms with Crippen LogP contribution in [0, 0.1) is 0 Å². The van der Waals surface area contributed by atoms with E-state index in [2.05, 4.69) is 85.6 Å². The number of likely N-dealkylation sites (N-methyl/N-ethyl adjacent to an activating group) is 1. The summed E-state index contributed by atoms with van der Waals surface area (Å²) in [7, 11) is 0. The fourth-order valence-electron chi connectivity index (χ4n) is 4.59. The SMILES string of the molecule is C=C1C(C(=C)N(CC)CC)=CN(CC)c2ncc(NC3Cc4ccccc4C3)cc21.